The number of hydrogen-bond donors (Lipinski definition) is 3. The number of benzene rings is 2. The average molecular weight is 526 g/mol. The molecule has 2 aromatic carbocycles. The van der Waals surface area contributed by atoms with Crippen LogP contribution in [0, 0.1) is 5.82 Å². The van der Waals surface area contributed by atoms with Gasteiger partial charge >= 0.3 is 5.97 Å². The van der Waals surface area contributed by atoms with Crippen LogP contribution in [-0.2, 0) is 6.54 Å². The quantitative estimate of drug-likeness (QED) is 0.282. The van der Waals surface area contributed by atoms with Gasteiger partial charge in [0.15, 0.2) is 11.3 Å². The molecule has 1 aliphatic carbocycles. The highest BCUT2D eigenvalue weighted by Crippen LogP contribution is 2.33. The normalized spacial score (nSPS) is 13.7. The Balaban J connectivity index is 1.20. The van der Waals surface area contributed by atoms with Gasteiger partial charge in [0, 0.05) is 24.2 Å². The monoisotopic (exact) mass is 525 g/mol. The Hall–Kier alpha value is -4.93. The molecular weight excluding hydrogens is 501 g/mol. The second-order valence-corrected chi connectivity index (χ2v) is 9.58. The maximum atomic E-state index is 14.6. The molecule has 0 saturated heterocycles. The van der Waals surface area contributed by atoms with E-state index in [1.165, 1.54) is 35.3 Å². The van der Waals surface area contributed by atoms with Crippen LogP contribution < -0.4 is 5.32 Å². The van der Waals surface area contributed by atoms with Gasteiger partial charge in [-0.2, -0.15) is 5.10 Å². The zero-order chi connectivity index (χ0) is 26.9. The van der Waals surface area contributed by atoms with Crippen LogP contribution in [0.3, 0.4) is 0 Å². The molecule has 1 saturated carbocycles. The molecule has 3 N–H and O–H groups in total. The number of fused-ring (bicyclic) bond motifs is 1. The molecule has 1 aliphatic rings. The lowest BCUT2D eigenvalue weighted by Crippen LogP contribution is -2.24. The molecule has 3 heterocycles. The number of imidazole rings is 1. The number of carbonyl (C=O) groups excluding carboxylic acids is 1. The Morgan fingerprint density at radius 2 is 1.95 bits per heavy atom. The number of carbonyl (C=O) groups is 2. The number of amides is 1. The van der Waals surface area contributed by atoms with E-state index in [9.17, 15) is 19.1 Å². The van der Waals surface area contributed by atoms with Gasteiger partial charge in [0.25, 0.3) is 5.91 Å². The van der Waals surface area contributed by atoms with Crippen molar-refractivity contribution < 1.29 is 19.1 Å². The summed E-state index contributed by atoms with van der Waals surface area (Å²) in [6.07, 6.45) is 9.03. The molecular formula is C28H24FN7O3. The minimum absolute atomic E-state index is 0.0769. The van der Waals surface area contributed by atoms with Gasteiger partial charge in [0.1, 0.15) is 23.5 Å². The van der Waals surface area contributed by atoms with Crippen molar-refractivity contribution in [3.05, 3.63) is 89.6 Å². The summed E-state index contributed by atoms with van der Waals surface area (Å²) < 4.78 is 16.1. The number of aromatic amines is 1. The van der Waals surface area contributed by atoms with Crippen molar-refractivity contribution in [3.63, 3.8) is 0 Å². The van der Waals surface area contributed by atoms with Gasteiger partial charge in [-0.15, -0.1) is 0 Å². The molecule has 3 aromatic heterocycles. The number of hydrogen-bond acceptors (Lipinski definition) is 6. The summed E-state index contributed by atoms with van der Waals surface area (Å²) in [5.41, 5.74) is 3.61. The van der Waals surface area contributed by atoms with Crippen molar-refractivity contribution in [2.45, 2.75) is 38.1 Å². The van der Waals surface area contributed by atoms with Crippen molar-refractivity contribution in [2.24, 2.45) is 0 Å². The Bertz CT molecular complexity index is 1700. The maximum Gasteiger partial charge on any atom is 0.335 e. The lowest BCUT2D eigenvalue weighted by Gasteiger charge is -2.08. The number of aromatic carboxylic acids is 1. The van der Waals surface area contributed by atoms with E-state index >= 15 is 0 Å². The Labute approximate surface area is 222 Å². The van der Waals surface area contributed by atoms with Gasteiger partial charge in [-0.05, 0) is 60.4 Å². The predicted molar refractivity (Wildman–Crippen MR) is 140 cm³/mol. The van der Waals surface area contributed by atoms with Crippen LogP contribution in [0.25, 0.3) is 28.0 Å². The molecule has 0 atom stereocenters. The molecule has 6 rings (SSSR count). The zero-order valence-corrected chi connectivity index (χ0v) is 20.8. The van der Waals surface area contributed by atoms with Gasteiger partial charge in [-0.1, -0.05) is 18.9 Å². The molecule has 10 nitrogen and oxygen atoms in total. The van der Waals surface area contributed by atoms with Crippen molar-refractivity contribution in [2.75, 3.05) is 0 Å². The molecule has 0 radical (unpaired) electrons. The second-order valence-electron chi connectivity index (χ2n) is 9.58. The third-order valence-corrected chi connectivity index (χ3v) is 6.95. The van der Waals surface area contributed by atoms with E-state index in [-0.39, 0.29) is 17.8 Å². The fraction of sp³-hybridized carbons (Fsp3) is 0.214. The van der Waals surface area contributed by atoms with Gasteiger partial charge in [0.05, 0.1) is 17.4 Å². The summed E-state index contributed by atoms with van der Waals surface area (Å²) in [6, 6.07) is 10.9. The first-order valence-electron chi connectivity index (χ1n) is 12.6. The zero-order valence-electron chi connectivity index (χ0n) is 20.8. The van der Waals surface area contributed by atoms with Crippen LogP contribution in [0.4, 0.5) is 4.39 Å². The Morgan fingerprint density at radius 3 is 2.77 bits per heavy atom. The highest BCUT2D eigenvalue weighted by molar-refractivity contribution is 6.02. The minimum atomic E-state index is -1.04. The Morgan fingerprint density at radius 1 is 1.10 bits per heavy atom. The lowest BCUT2D eigenvalue weighted by atomic mass is 10.1. The molecule has 196 valence electrons. The van der Waals surface area contributed by atoms with Crippen molar-refractivity contribution in [3.8, 4) is 16.8 Å². The largest absolute Gasteiger partial charge is 0.478 e. The van der Waals surface area contributed by atoms with Crippen LogP contribution in [-0.4, -0.2) is 46.7 Å². The van der Waals surface area contributed by atoms with Gasteiger partial charge in [0.2, 0.25) is 0 Å². The van der Waals surface area contributed by atoms with E-state index in [2.05, 4.69) is 30.4 Å². The first-order valence-corrected chi connectivity index (χ1v) is 12.6. The molecule has 1 fully saturated rings. The van der Waals surface area contributed by atoms with Crippen LogP contribution >= 0.6 is 0 Å². The van der Waals surface area contributed by atoms with E-state index < -0.39 is 17.7 Å². The highest BCUT2D eigenvalue weighted by atomic mass is 19.1. The van der Waals surface area contributed by atoms with Crippen LogP contribution in [0.2, 0.25) is 0 Å². The van der Waals surface area contributed by atoms with Gasteiger partial charge in [-0.25, -0.2) is 28.8 Å². The van der Waals surface area contributed by atoms with E-state index in [0.717, 1.165) is 31.5 Å². The molecule has 5 aromatic rings. The van der Waals surface area contributed by atoms with E-state index in [1.54, 1.807) is 30.6 Å². The van der Waals surface area contributed by atoms with Crippen LogP contribution in [0.5, 0.6) is 0 Å². The lowest BCUT2D eigenvalue weighted by molar-refractivity contribution is 0.0696. The summed E-state index contributed by atoms with van der Waals surface area (Å²) in [4.78, 5) is 40.5. The van der Waals surface area contributed by atoms with Crippen molar-refractivity contribution in [1.82, 2.24) is 35.0 Å². The van der Waals surface area contributed by atoms with E-state index in [1.807, 2.05) is 0 Å². The molecule has 39 heavy (non-hydrogen) atoms. The third kappa shape index (κ3) is 4.98. The summed E-state index contributed by atoms with van der Waals surface area (Å²) in [5.74, 6) is -0.739. The van der Waals surface area contributed by atoms with Crippen molar-refractivity contribution >= 4 is 23.0 Å². The van der Waals surface area contributed by atoms with Crippen LogP contribution in [0.1, 0.15) is 63.8 Å². The topological polar surface area (TPSA) is 139 Å². The number of carboxylic acids is 1. The minimum Gasteiger partial charge on any atom is -0.478 e. The van der Waals surface area contributed by atoms with Crippen molar-refractivity contribution in [1.29, 1.82) is 0 Å². The molecule has 0 aliphatic heterocycles. The molecule has 0 spiro atoms. The predicted octanol–water partition coefficient (Wildman–Crippen LogP) is 4.63. The first kappa shape index (κ1) is 24.4. The number of aromatic nitrogens is 6. The average Bonchev–Trinajstić information content (AvgIpc) is 3.71. The summed E-state index contributed by atoms with van der Waals surface area (Å²) in [6.45, 7) is 0.0769. The second kappa shape index (κ2) is 10.1. The number of nitrogens with zero attached hydrogens (tertiary/aromatic N) is 5. The fourth-order valence-electron chi connectivity index (χ4n) is 4.99. The highest BCUT2D eigenvalue weighted by Gasteiger charge is 2.23. The summed E-state index contributed by atoms with van der Waals surface area (Å²) >= 11 is 0. The molecule has 11 heteroatoms. The van der Waals surface area contributed by atoms with E-state index in [4.69, 9.17) is 0 Å². The molecule has 0 bridgehead atoms. The number of nitrogens with one attached hydrogen (secondary N) is 2. The SMILES string of the molecule is O=C(O)c1cccc(-n2cc(-c3cc(F)cc(CNC(=O)c4ncnc5nc(C6CCCC6)[nH]c45)c3)cn2)c1. The van der Waals surface area contributed by atoms with E-state index in [0.29, 0.717) is 39.5 Å². The molecule has 1 amide bonds. The first-order chi connectivity index (χ1) is 18.9. The summed E-state index contributed by atoms with van der Waals surface area (Å²) in [5, 5.41) is 16.4. The number of carboxylic acid groups (broad SMARTS) is 1. The number of rotatable bonds is 7. The standard InChI is InChI=1S/C28H24FN7O3/c29-21-9-16(8-19(10-21)20-13-33-36(14-20)22-7-3-6-18(11-22)28(38)39)12-30-27(37)24-23-26(32-15-31-24)35-25(34-23)17-4-1-2-5-17/h3,6-11,13-15,17H,1-2,4-5,12H2,(H,30,37)(H,38,39)(H,31,32,34,35). The fourth-order valence-corrected chi connectivity index (χ4v) is 4.99. The summed E-state index contributed by atoms with van der Waals surface area (Å²) in [7, 11) is 0. The van der Waals surface area contributed by atoms with Gasteiger partial charge < -0.3 is 15.4 Å². The van der Waals surface area contributed by atoms with Crippen LogP contribution in [0.15, 0.2) is 61.2 Å². The molecule has 0 unspecified atom stereocenters. The smallest absolute Gasteiger partial charge is 0.335 e. The number of H-pyrrole nitrogens is 1. The maximum absolute atomic E-state index is 14.6. The Kier molecular flexibility index (Phi) is 6.31. The van der Waals surface area contributed by atoms with Gasteiger partial charge in [-0.3, -0.25) is 4.79 Å². The third-order valence-electron chi connectivity index (χ3n) is 6.95. The number of halogens is 1.